The fourth-order valence-corrected chi connectivity index (χ4v) is 10.4. The summed E-state index contributed by atoms with van der Waals surface area (Å²) in [5.74, 6) is -0.898. The summed E-state index contributed by atoms with van der Waals surface area (Å²) in [5.41, 5.74) is -1.01. The normalized spacial score (nSPS) is 51.2. The molecule has 4 unspecified atom stereocenters. The summed E-state index contributed by atoms with van der Waals surface area (Å²) >= 11 is 0. The number of fused-ring (bicyclic) bond motifs is 12. The molecule has 7 fully saturated rings. The number of likely N-dealkylation sites (tertiary alicyclic amines) is 1. The van der Waals surface area contributed by atoms with Gasteiger partial charge >= 0.3 is 0 Å². The standard InChI is InChI=1S/C23H29B3N2O5/c1-26(25-24)28-19(31)14-10-6-12(16(14)20(28)32)23(8-10)4-3-22(21(23)33)7-9-5-11(22)15-13(9)17(29)27(2)18(15)30/h9-16,25H,3-8,24H2,1-2H3/t9?,10?,11-,12+,13?,14+,15+,16?,22-,23+/m1/s1. The lowest BCUT2D eigenvalue weighted by atomic mass is 9.20. The van der Waals surface area contributed by atoms with Gasteiger partial charge in [0, 0.05) is 17.9 Å². The van der Waals surface area contributed by atoms with Gasteiger partial charge < -0.3 is 4.81 Å². The minimum Gasteiger partial charge on any atom is -0.338 e. The molecule has 0 N–H and O–H groups in total. The Morgan fingerprint density at radius 2 is 1.27 bits per heavy atom. The van der Waals surface area contributed by atoms with Gasteiger partial charge in [-0.1, -0.05) is 6.82 Å². The first-order chi connectivity index (χ1) is 15.7. The maximum atomic E-state index is 14.4. The van der Waals surface area contributed by atoms with E-state index in [-0.39, 0.29) is 83.5 Å². The number of carbonyl (C=O) groups is 5. The molecule has 2 spiro atoms. The second-order valence-electron chi connectivity index (χ2n) is 12.4. The lowest BCUT2D eigenvalue weighted by Gasteiger charge is -2.42. The number of rotatable bonds is 2. The van der Waals surface area contributed by atoms with Gasteiger partial charge in [0.1, 0.15) is 5.78 Å². The van der Waals surface area contributed by atoms with Crippen molar-refractivity contribution in [2.24, 2.45) is 58.2 Å². The molecule has 7 rings (SSSR count). The maximum Gasteiger partial charge on any atom is 0.233 e. The summed E-state index contributed by atoms with van der Waals surface area (Å²) in [7, 11) is 4.32. The van der Waals surface area contributed by atoms with Crippen LogP contribution in [-0.4, -0.2) is 67.7 Å². The molecular weight excluding hydrogens is 417 g/mol. The van der Waals surface area contributed by atoms with Gasteiger partial charge in [-0.3, -0.25) is 28.9 Å². The van der Waals surface area contributed by atoms with E-state index < -0.39 is 10.8 Å². The minimum absolute atomic E-state index is 0.0114. The summed E-state index contributed by atoms with van der Waals surface area (Å²) < 4.78 is 0. The number of nitrogens with zero attached hydrogens (tertiary/aromatic N) is 2. The molecule has 10 heteroatoms. The smallest absolute Gasteiger partial charge is 0.233 e. The van der Waals surface area contributed by atoms with E-state index in [0.29, 0.717) is 0 Å². The van der Waals surface area contributed by atoms with E-state index >= 15 is 0 Å². The Labute approximate surface area is 195 Å². The fourth-order valence-electron chi connectivity index (χ4n) is 10.4. The topological polar surface area (TPSA) is 91.8 Å². The summed E-state index contributed by atoms with van der Waals surface area (Å²) in [6, 6.07) is 0. The third-order valence-corrected chi connectivity index (χ3v) is 11.7. The first-order valence-electron chi connectivity index (χ1n) is 12.9. The van der Waals surface area contributed by atoms with E-state index in [1.54, 1.807) is 7.05 Å². The number of ketones is 1. The van der Waals surface area contributed by atoms with Crippen molar-refractivity contribution in [3.05, 3.63) is 0 Å². The largest absolute Gasteiger partial charge is 0.338 e. The maximum absolute atomic E-state index is 14.4. The van der Waals surface area contributed by atoms with Crippen molar-refractivity contribution in [2.45, 2.75) is 45.3 Å². The molecule has 2 aliphatic heterocycles. The molecule has 0 aromatic carbocycles. The second-order valence-corrected chi connectivity index (χ2v) is 12.4. The van der Waals surface area contributed by atoms with Crippen LogP contribution < -0.4 is 0 Å². The Kier molecular flexibility index (Phi) is 3.75. The SMILES string of the molecule is BBB(C)N1C(=O)C2[C@@H](C1=O)C1C[C@@H]2[C@]2(CC[C@]3(CC4C[C@@H]3[C@@H]3C(=O)N(C)C(=O)C43)C2=O)C1. The Morgan fingerprint density at radius 3 is 1.82 bits per heavy atom. The van der Waals surface area contributed by atoms with Crippen LogP contribution in [0.2, 0.25) is 6.82 Å². The Hall–Kier alpha value is -1.86. The van der Waals surface area contributed by atoms with E-state index in [1.165, 1.54) is 9.71 Å². The zero-order valence-corrected chi connectivity index (χ0v) is 19.6. The first kappa shape index (κ1) is 20.5. The molecular formula is C23H29B3N2O5. The van der Waals surface area contributed by atoms with Crippen LogP contribution in [0, 0.1) is 58.2 Å². The van der Waals surface area contributed by atoms with Crippen LogP contribution in [0.1, 0.15) is 38.5 Å². The van der Waals surface area contributed by atoms with Crippen LogP contribution in [-0.2, 0) is 24.0 Å². The average molecular weight is 446 g/mol. The minimum atomic E-state index is -0.509. The Balaban J connectivity index is 1.22. The van der Waals surface area contributed by atoms with E-state index in [2.05, 4.69) is 0 Å². The number of Topliss-reactive ketones (excluding diaryl/α,β-unsaturated/α-hetero) is 1. The highest BCUT2D eigenvalue weighted by molar-refractivity contribution is 7.30. The highest BCUT2D eigenvalue weighted by Crippen LogP contribution is 2.75. The second kappa shape index (κ2) is 6.03. The zero-order chi connectivity index (χ0) is 23.2. The molecule has 4 bridgehead atoms. The molecule has 170 valence electrons. The van der Waals surface area contributed by atoms with Gasteiger partial charge in [-0.05, 0) is 62.2 Å². The van der Waals surface area contributed by atoms with Crippen molar-refractivity contribution in [2.75, 3.05) is 7.05 Å². The number of hydrogen-bond donors (Lipinski definition) is 0. The van der Waals surface area contributed by atoms with Crippen LogP contribution in [0.5, 0.6) is 0 Å². The molecule has 7 aliphatic rings. The van der Waals surface area contributed by atoms with E-state index in [0.717, 1.165) is 45.6 Å². The fraction of sp³-hybridized carbons (Fsp3) is 0.783. The van der Waals surface area contributed by atoms with Crippen molar-refractivity contribution in [3.8, 4) is 0 Å². The molecule has 0 radical (unpaired) electrons. The monoisotopic (exact) mass is 446 g/mol. The van der Waals surface area contributed by atoms with Crippen LogP contribution in [0.25, 0.3) is 0 Å². The molecule has 33 heavy (non-hydrogen) atoms. The molecule has 4 amide bonds. The highest BCUT2D eigenvalue weighted by atomic mass is 16.2. The highest BCUT2D eigenvalue weighted by Gasteiger charge is 2.78. The van der Waals surface area contributed by atoms with Gasteiger partial charge in [0.05, 0.1) is 38.5 Å². The summed E-state index contributed by atoms with van der Waals surface area (Å²) in [5, 5.41) is 0. The van der Waals surface area contributed by atoms with Crippen molar-refractivity contribution >= 4 is 50.9 Å². The van der Waals surface area contributed by atoms with Gasteiger partial charge in [-0.15, -0.1) is 0 Å². The van der Waals surface area contributed by atoms with Crippen molar-refractivity contribution in [3.63, 3.8) is 0 Å². The molecule has 2 heterocycles. The van der Waals surface area contributed by atoms with Crippen LogP contribution in [0.15, 0.2) is 0 Å². The quantitative estimate of drug-likeness (QED) is 0.415. The summed E-state index contributed by atoms with van der Waals surface area (Å²) in [6.45, 7) is 1.84. The molecule has 7 nitrogen and oxygen atoms in total. The van der Waals surface area contributed by atoms with Gasteiger partial charge in [0.15, 0.2) is 0 Å². The molecule has 0 aromatic rings. The van der Waals surface area contributed by atoms with Gasteiger partial charge in [0.2, 0.25) is 30.4 Å². The third-order valence-electron chi connectivity index (χ3n) is 11.7. The number of amides is 4. The lowest BCUT2D eigenvalue weighted by molar-refractivity contribution is -0.145. The van der Waals surface area contributed by atoms with Gasteiger partial charge in [-0.25, -0.2) is 0 Å². The predicted octanol–water partition coefficient (Wildman–Crippen LogP) is -0.663. The lowest BCUT2D eigenvalue weighted by Crippen LogP contribution is -2.49. The van der Waals surface area contributed by atoms with Crippen molar-refractivity contribution < 1.29 is 24.0 Å². The molecule has 2 saturated heterocycles. The average Bonchev–Trinajstić information content (AvgIpc) is 3.63. The Morgan fingerprint density at radius 1 is 0.818 bits per heavy atom. The van der Waals surface area contributed by atoms with E-state index in [1.807, 2.05) is 14.6 Å². The van der Waals surface area contributed by atoms with Crippen LogP contribution in [0.3, 0.4) is 0 Å². The van der Waals surface area contributed by atoms with Crippen molar-refractivity contribution in [1.82, 2.24) is 9.71 Å². The summed E-state index contributed by atoms with van der Waals surface area (Å²) in [6.07, 6.45) is 4.62. The van der Waals surface area contributed by atoms with E-state index in [4.69, 9.17) is 0 Å². The van der Waals surface area contributed by atoms with Gasteiger partial charge in [0.25, 0.3) is 0 Å². The zero-order valence-electron chi connectivity index (χ0n) is 19.6. The van der Waals surface area contributed by atoms with Crippen LogP contribution in [0.4, 0.5) is 0 Å². The molecule has 0 aromatic heterocycles. The number of carbonyl (C=O) groups excluding carboxylic acids is 5. The van der Waals surface area contributed by atoms with Crippen LogP contribution >= 0.6 is 0 Å². The number of hydrogen-bond acceptors (Lipinski definition) is 5. The van der Waals surface area contributed by atoms with Crippen molar-refractivity contribution in [1.29, 1.82) is 0 Å². The summed E-state index contributed by atoms with van der Waals surface area (Å²) in [4.78, 5) is 69.5. The third kappa shape index (κ3) is 2.00. The Bertz CT molecular complexity index is 1070. The van der Waals surface area contributed by atoms with Gasteiger partial charge in [-0.2, -0.15) is 0 Å². The van der Waals surface area contributed by atoms with E-state index in [9.17, 15) is 24.0 Å². The molecule has 10 atom stereocenters. The predicted molar refractivity (Wildman–Crippen MR) is 122 cm³/mol. The number of imide groups is 2. The molecule has 5 aliphatic carbocycles. The first-order valence-corrected chi connectivity index (χ1v) is 12.9. The molecule has 5 saturated carbocycles.